The lowest BCUT2D eigenvalue weighted by Crippen LogP contribution is -2.36. The van der Waals surface area contributed by atoms with E-state index in [0.29, 0.717) is 11.8 Å². The maximum absolute atomic E-state index is 10.7. The topological polar surface area (TPSA) is 43.1 Å². The highest BCUT2D eigenvalue weighted by Crippen LogP contribution is 2.42. The van der Waals surface area contributed by atoms with Gasteiger partial charge in [0.25, 0.3) is 5.69 Å². The molecule has 3 nitrogen and oxygen atoms in total. The molecule has 0 saturated heterocycles. The summed E-state index contributed by atoms with van der Waals surface area (Å²) >= 11 is 0. The number of nitro benzene ring substituents is 1. The van der Waals surface area contributed by atoms with Gasteiger partial charge in [0.2, 0.25) is 0 Å². The lowest BCUT2D eigenvalue weighted by molar-refractivity contribution is -0.384. The molecule has 19 heavy (non-hydrogen) atoms. The monoisotopic (exact) mass is 263 g/mol. The predicted molar refractivity (Wildman–Crippen MR) is 79.4 cm³/mol. The van der Waals surface area contributed by atoms with Crippen LogP contribution >= 0.6 is 0 Å². The van der Waals surface area contributed by atoms with Gasteiger partial charge in [-0.25, -0.2) is 0 Å². The van der Waals surface area contributed by atoms with Crippen LogP contribution < -0.4 is 0 Å². The van der Waals surface area contributed by atoms with Crippen LogP contribution in [0, 0.1) is 22.0 Å². The Labute approximate surface area is 116 Å². The molecule has 0 aliphatic rings. The fraction of sp³-hybridized carbons (Fsp3) is 0.625. The average Bonchev–Trinajstić information content (AvgIpc) is 2.44. The first-order valence-corrected chi connectivity index (χ1v) is 7.12. The van der Waals surface area contributed by atoms with Crippen LogP contribution in [0.15, 0.2) is 24.3 Å². The first kappa shape index (κ1) is 15.7. The quantitative estimate of drug-likeness (QED) is 0.538. The van der Waals surface area contributed by atoms with E-state index in [4.69, 9.17) is 0 Å². The van der Waals surface area contributed by atoms with Crippen molar-refractivity contribution < 1.29 is 4.92 Å². The van der Waals surface area contributed by atoms with Crippen molar-refractivity contribution in [3.05, 3.63) is 39.9 Å². The standard InChI is InChI=1S/C16H25NO2/c1-6-12(3)16(5,13(4)7-2)14-8-10-15(11-9-14)17(18)19/h8-13H,6-7H2,1-5H3. The van der Waals surface area contributed by atoms with Crippen molar-refractivity contribution in [3.8, 4) is 0 Å². The summed E-state index contributed by atoms with van der Waals surface area (Å²) in [6.45, 7) is 11.2. The molecule has 2 unspecified atom stereocenters. The van der Waals surface area contributed by atoms with E-state index in [9.17, 15) is 10.1 Å². The Balaban J connectivity index is 3.21. The van der Waals surface area contributed by atoms with Crippen molar-refractivity contribution in [2.45, 2.75) is 52.9 Å². The van der Waals surface area contributed by atoms with Gasteiger partial charge in [-0.1, -0.05) is 59.6 Å². The Morgan fingerprint density at radius 2 is 1.53 bits per heavy atom. The van der Waals surface area contributed by atoms with Gasteiger partial charge < -0.3 is 0 Å². The third-order valence-corrected chi connectivity index (χ3v) is 4.97. The maximum atomic E-state index is 10.7. The second-order valence-electron chi connectivity index (χ2n) is 5.71. The molecule has 3 heteroatoms. The Bertz CT molecular complexity index is 415. The van der Waals surface area contributed by atoms with E-state index in [1.165, 1.54) is 5.56 Å². The van der Waals surface area contributed by atoms with Gasteiger partial charge in [-0.15, -0.1) is 0 Å². The third kappa shape index (κ3) is 2.96. The molecule has 2 atom stereocenters. The number of rotatable bonds is 6. The Hall–Kier alpha value is -1.38. The summed E-state index contributed by atoms with van der Waals surface area (Å²) in [4.78, 5) is 10.4. The van der Waals surface area contributed by atoms with Crippen LogP contribution in [0.4, 0.5) is 5.69 Å². The zero-order valence-electron chi connectivity index (χ0n) is 12.6. The van der Waals surface area contributed by atoms with Crippen LogP contribution in [0.5, 0.6) is 0 Å². The maximum Gasteiger partial charge on any atom is 0.269 e. The smallest absolute Gasteiger partial charge is 0.258 e. The van der Waals surface area contributed by atoms with Gasteiger partial charge in [0.1, 0.15) is 0 Å². The molecule has 0 amide bonds. The molecule has 1 aromatic rings. The average molecular weight is 263 g/mol. The van der Waals surface area contributed by atoms with Crippen molar-refractivity contribution in [2.24, 2.45) is 11.8 Å². The molecular weight excluding hydrogens is 238 g/mol. The Kier molecular flexibility index (Phi) is 5.10. The molecule has 0 radical (unpaired) electrons. The van der Waals surface area contributed by atoms with E-state index in [2.05, 4.69) is 34.6 Å². The highest BCUT2D eigenvalue weighted by molar-refractivity contribution is 5.37. The van der Waals surface area contributed by atoms with Crippen LogP contribution in [-0.4, -0.2) is 4.92 Å². The van der Waals surface area contributed by atoms with Gasteiger partial charge >= 0.3 is 0 Å². The summed E-state index contributed by atoms with van der Waals surface area (Å²) in [5, 5.41) is 10.7. The second-order valence-corrected chi connectivity index (χ2v) is 5.71. The fourth-order valence-electron chi connectivity index (χ4n) is 2.85. The van der Waals surface area contributed by atoms with Crippen molar-refractivity contribution in [2.75, 3.05) is 0 Å². The van der Waals surface area contributed by atoms with E-state index in [1.54, 1.807) is 12.1 Å². The molecule has 0 N–H and O–H groups in total. The lowest BCUT2D eigenvalue weighted by Gasteiger charge is -2.41. The summed E-state index contributed by atoms with van der Waals surface area (Å²) in [7, 11) is 0. The largest absolute Gasteiger partial charge is 0.269 e. The van der Waals surface area contributed by atoms with Crippen molar-refractivity contribution in [3.63, 3.8) is 0 Å². The van der Waals surface area contributed by atoms with E-state index in [1.807, 2.05) is 12.1 Å². The molecule has 106 valence electrons. The van der Waals surface area contributed by atoms with Gasteiger partial charge in [-0.05, 0) is 22.8 Å². The molecule has 0 fully saturated rings. The van der Waals surface area contributed by atoms with E-state index in [-0.39, 0.29) is 16.0 Å². The van der Waals surface area contributed by atoms with Gasteiger partial charge in [0, 0.05) is 12.1 Å². The molecule has 0 aliphatic heterocycles. The predicted octanol–water partition coefficient (Wildman–Crippen LogP) is 4.94. The number of nitrogens with zero attached hydrogens (tertiary/aromatic N) is 1. The minimum Gasteiger partial charge on any atom is -0.258 e. The zero-order chi connectivity index (χ0) is 14.6. The molecular formula is C16H25NO2. The molecule has 1 rings (SSSR count). The van der Waals surface area contributed by atoms with Crippen LogP contribution in [0.2, 0.25) is 0 Å². The van der Waals surface area contributed by atoms with E-state index >= 15 is 0 Å². The van der Waals surface area contributed by atoms with Gasteiger partial charge in [0.05, 0.1) is 4.92 Å². The number of benzene rings is 1. The molecule has 0 bridgehead atoms. The first-order chi connectivity index (χ1) is 8.87. The number of non-ortho nitro benzene ring substituents is 1. The highest BCUT2D eigenvalue weighted by Gasteiger charge is 2.36. The normalized spacial score (nSPS) is 17.5. The van der Waals surface area contributed by atoms with Crippen molar-refractivity contribution in [1.29, 1.82) is 0 Å². The third-order valence-electron chi connectivity index (χ3n) is 4.97. The fourth-order valence-corrected chi connectivity index (χ4v) is 2.85. The summed E-state index contributed by atoms with van der Waals surface area (Å²) in [6.07, 6.45) is 2.22. The second kappa shape index (κ2) is 6.18. The van der Waals surface area contributed by atoms with Gasteiger partial charge in [-0.2, -0.15) is 0 Å². The van der Waals surface area contributed by atoms with Gasteiger partial charge in [-0.3, -0.25) is 10.1 Å². The van der Waals surface area contributed by atoms with E-state index < -0.39 is 0 Å². The molecule has 1 aromatic carbocycles. The highest BCUT2D eigenvalue weighted by atomic mass is 16.6. The zero-order valence-corrected chi connectivity index (χ0v) is 12.6. The minimum atomic E-state index is -0.340. The van der Waals surface area contributed by atoms with Gasteiger partial charge in [0.15, 0.2) is 0 Å². The molecule has 0 spiro atoms. The van der Waals surface area contributed by atoms with E-state index in [0.717, 1.165) is 12.8 Å². The van der Waals surface area contributed by atoms with Crippen molar-refractivity contribution in [1.82, 2.24) is 0 Å². The number of nitro groups is 1. The number of hydrogen-bond donors (Lipinski definition) is 0. The molecule has 0 aliphatic carbocycles. The van der Waals surface area contributed by atoms with Crippen LogP contribution in [0.3, 0.4) is 0 Å². The molecule has 0 heterocycles. The summed E-state index contributed by atoms with van der Waals surface area (Å²) in [5.74, 6) is 1.09. The first-order valence-electron chi connectivity index (χ1n) is 7.12. The van der Waals surface area contributed by atoms with Crippen LogP contribution in [0.25, 0.3) is 0 Å². The summed E-state index contributed by atoms with van der Waals surface area (Å²) < 4.78 is 0. The lowest BCUT2D eigenvalue weighted by atomic mass is 9.63. The summed E-state index contributed by atoms with van der Waals surface area (Å²) in [6, 6.07) is 7.10. The van der Waals surface area contributed by atoms with Crippen molar-refractivity contribution >= 4 is 5.69 Å². The Morgan fingerprint density at radius 3 is 1.84 bits per heavy atom. The molecule has 0 aromatic heterocycles. The number of hydrogen-bond acceptors (Lipinski definition) is 2. The Morgan fingerprint density at radius 1 is 1.11 bits per heavy atom. The van der Waals surface area contributed by atoms with Crippen LogP contribution in [0.1, 0.15) is 53.0 Å². The van der Waals surface area contributed by atoms with Crippen LogP contribution in [-0.2, 0) is 5.41 Å². The summed E-state index contributed by atoms with van der Waals surface area (Å²) in [5.41, 5.74) is 1.44. The minimum absolute atomic E-state index is 0.0681. The molecule has 0 saturated carbocycles. The SMILES string of the molecule is CCC(C)C(C)(c1ccc([N+](=O)[O-])cc1)C(C)CC.